The predicted molar refractivity (Wildman–Crippen MR) is 133 cm³/mol. The molecule has 34 heavy (non-hydrogen) atoms. The Hall–Kier alpha value is -3.71. The van der Waals surface area contributed by atoms with Gasteiger partial charge in [-0.05, 0) is 48.0 Å². The van der Waals surface area contributed by atoms with Crippen LogP contribution in [0, 0.1) is 0 Å². The average molecular weight is 521 g/mol. The Morgan fingerprint density at radius 1 is 0.882 bits per heavy atom. The van der Waals surface area contributed by atoms with Gasteiger partial charge in [0.2, 0.25) is 5.75 Å². The van der Waals surface area contributed by atoms with Crippen molar-refractivity contribution in [1.29, 1.82) is 0 Å². The SMILES string of the molecule is COc1cc(C2C=C(c3ccc(Br)cc3)Oc3c2c(=O)oc2ccccc32)cc(OC)c1OC. The summed E-state index contributed by atoms with van der Waals surface area (Å²) in [7, 11) is 4.67. The highest BCUT2D eigenvalue weighted by molar-refractivity contribution is 9.10. The molecule has 0 bridgehead atoms. The standard InChI is InChI=1S/C27H21BrO6/c1-30-22-12-16(13-23(31-2)26(22)32-3)19-14-21(15-8-10-17(28)11-9-15)33-25-18-6-4-5-7-20(18)34-27(29)24(19)25/h4-14,19H,1-3H3. The van der Waals surface area contributed by atoms with Crippen LogP contribution in [0.15, 0.2) is 80.4 Å². The number of allylic oxidation sites excluding steroid dienone is 1. The van der Waals surface area contributed by atoms with Gasteiger partial charge in [0.25, 0.3) is 0 Å². The Morgan fingerprint density at radius 2 is 1.56 bits per heavy atom. The van der Waals surface area contributed by atoms with E-state index in [0.29, 0.717) is 39.9 Å². The first-order chi connectivity index (χ1) is 16.5. The first-order valence-corrected chi connectivity index (χ1v) is 11.3. The molecule has 1 atom stereocenters. The Morgan fingerprint density at radius 3 is 2.21 bits per heavy atom. The lowest BCUT2D eigenvalue weighted by molar-refractivity contribution is 0.323. The van der Waals surface area contributed by atoms with E-state index in [1.807, 2.05) is 60.7 Å². The quantitative estimate of drug-likeness (QED) is 0.294. The zero-order valence-corrected chi connectivity index (χ0v) is 20.3. The number of methoxy groups -OCH3 is 3. The summed E-state index contributed by atoms with van der Waals surface area (Å²) >= 11 is 3.48. The maximum atomic E-state index is 13.2. The molecule has 1 aliphatic heterocycles. The molecule has 0 saturated carbocycles. The molecule has 0 N–H and O–H groups in total. The van der Waals surface area contributed by atoms with Crippen molar-refractivity contribution in [2.45, 2.75) is 5.92 Å². The summed E-state index contributed by atoms with van der Waals surface area (Å²) in [6.07, 6.45) is 1.91. The first kappa shape index (κ1) is 22.1. The van der Waals surface area contributed by atoms with Crippen molar-refractivity contribution < 1.29 is 23.4 Å². The highest BCUT2D eigenvalue weighted by Crippen LogP contribution is 2.46. The lowest BCUT2D eigenvalue weighted by Crippen LogP contribution is -2.19. The van der Waals surface area contributed by atoms with Gasteiger partial charge in [-0.3, -0.25) is 0 Å². The third-order valence-corrected chi connectivity index (χ3v) is 6.34. The minimum atomic E-state index is -0.475. The number of halogens is 1. The van der Waals surface area contributed by atoms with Gasteiger partial charge in [0.1, 0.15) is 17.1 Å². The molecule has 1 aromatic heterocycles. The Labute approximate surface area is 204 Å². The molecule has 0 saturated heterocycles. The van der Waals surface area contributed by atoms with Gasteiger partial charge in [-0.15, -0.1) is 0 Å². The predicted octanol–water partition coefficient (Wildman–Crippen LogP) is 6.15. The number of benzene rings is 3. The average Bonchev–Trinajstić information content (AvgIpc) is 2.87. The van der Waals surface area contributed by atoms with Crippen molar-refractivity contribution in [1.82, 2.24) is 0 Å². The van der Waals surface area contributed by atoms with Crippen LogP contribution in [0.2, 0.25) is 0 Å². The molecule has 2 heterocycles. The van der Waals surface area contributed by atoms with Crippen molar-refractivity contribution >= 4 is 32.7 Å². The van der Waals surface area contributed by atoms with Gasteiger partial charge < -0.3 is 23.4 Å². The second kappa shape index (κ2) is 8.91. The van der Waals surface area contributed by atoms with Crippen molar-refractivity contribution in [3.8, 4) is 23.0 Å². The summed E-state index contributed by atoms with van der Waals surface area (Å²) in [5.74, 6) is 2.10. The van der Waals surface area contributed by atoms with E-state index in [1.165, 1.54) is 0 Å². The van der Waals surface area contributed by atoms with Crippen molar-refractivity contribution in [2.75, 3.05) is 21.3 Å². The molecule has 1 aliphatic rings. The van der Waals surface area contributed by atoms with Crippen molar-refractivity contribution in [3.63, 3.8) is 0 Å². The van der Waals surface area contributed by atoms with E-state index in [2.05, 4.69) is 15.9 Å². The molecule has 3 aromatic carbocycles. The zero-order valence-electron chi connectivity index (χ0n) is 18.8. The highest BCUT2D eigenvalue weighted by atomic mass is 79.9. The Balaban J connectivity index is 1.79. The van der Waals surface area contributed by atoms with Crippen LogP contribution in [0.1, 0.15) is 22.6 Å². The van der Waals surface area contributed by atoms with Crippen LogP contribution in [-0.4, -0.2) is 21.3 Å². The zero-order chi connectivity index (χ0) is 23.8. The summed E-state index contributed by atoms with van der Waals surface area (Å²) in [5, 5.41) is 0.720. The maximum Gasteiger partial charge on any atom is 0.344 e. The van der Waals surface area contributed by atoms with E-state index < -0.39 is 11.5 Å². The van der Waals surface area contributed by atoms with E-state index in [1.54, 1.807) is 27.4 Å². The summed E-state index contributed by atoms with van der Waals surface area (Å²) < 4.78 is 29.6. The molecule has 4 aromatic rings. The third kappa shape index (κ3) is 3.72. The second-order valence-corrected chi connectivity index (χ2v) is 8.62. The molecular weight excluding hydrogens is 500 g/mol. The fraction of sp³-hybridized carbons (Fsp3) is 0.148. The summed E-state index contributed by atoms with van der Waals surface area (Å²) in [4.78, 5) is 13.2. The molecule has 6 nitrogen and oxygen atoms in total. The van der Waals surface area contributed by atoms with Crippen molar-refractivity contribution in [2.24, 2.45) is 0 Å². The summed E-state index contributed by atoms with van der Waals surface area (Å²) in [5.41, 5.74) is 2.07. The van der Waals surface area contributed by atoms with Crippen LogP contribution in [-0.2, 0) is 0 Å². The van der Waals surface area contributed by atoms with E-state index in [4.69, 9.17) is 23.4 Å². The van der Waals surface area contributed by atoms with Crippen LogP contribution in [0.25, 0.3) is 16.7 Å². The minimum absolute atomic E-state index is 0.411. The first-order valence-electron chi connectivity index (χ1n) is 10.5. The Kier molecular flexibility index (Phi) is 5.79. The number of para-hydroxylation sites is 1. The van der Waals surface area contributed by atoms with E-state index in [-0.39, 0.29) is 0 Å². The van der Waals surface area contributed by atoms with Gasteiger partial charge in [0.05, 0.1) is 32.3 Å². The van der Waals surface area contributed by atoms with Gasteiger partial charge in [-0.1, -0.05) is 40.2 Å². The number of fused-ring (bicyclic) bond motifs is 3. The van der Waals surface area contributed by atoms with E-state index >= 15 is 0 Å². The van der Waals surface area contributed by atoms with Crippen LogP contribution in [0.4, 0.5) is 0 Å². The van der Waals surface area contributed by atoms with Crippen LogP contribution in [0.5, 0.6) is 23.0 Å². The lowest BCUT2D eigenvalue weighted by atomic mass is 9.87. The van der Waals surface area contributed by atoms with Gasteiger partial charge in [0.15, 0.2) is 11.5 Å². The van der Waals surface area contributed by atoms with Crippen LogP contribution in [0.3, 0.4) is 0 Å². The number of hydrogen-bond acceptors (Lipinski definition) is 6. The highest BCUT2D eigenvalue weighted by Gasteiger charge is 2.31. The molecule has 0 fully saturated rings. The molecule has 0 aliphatic carbocycles. The van der Waals surface area contributed by atoms with Gasteiger partial charge in [0, 0.05) is 16.0 Å². The van der Waals surface area contributed by atoms with E-state index in [9.17, 15) is 4.79 Å². The molecule has 1 unspecified atom stereocenters. The molecular formula is C27H21BrO6. The molecule has 0 amide bonds. The number of rotatable bonds is 5. The molecule has 172 valence electrons. The monoisotopic (exact) mass is 520 g/mol. The normalized spacial score (nSPS) is 14.7. The second-order valence-electron chi connectivity index (χ2n) is 7.70. The summed E-state index contributed by atoms with van der Waals surface area (Å²) in [6.45, 7) is 0. The lowest BCUT2D eigenvalue weighted by Gasteiger charge is -2.26. The fourth-order valence-electron chi connectivity index (χ4n) is 4.21. The van der Waals surface area contributed by atoms with Crippen LogP contribution >= 0.6 is 15.9 Å². The number of hydrogen-bond donors (Lipinski definition) is 0. The number of ether oxygens (including phenoxy) is 4. The molecule has 5 rings (SSSR count). The summed E-state index contributed by atoms with van der Waals surface area (Å²) in [6, 6.07) is 18.8. The Bertz CT molecular complexity index is 1440. The van der Waals surface area contributed by atoms with Gasteiger partial charge in [-0.25, -0.2) is 4.79 Å². The maximum absolute atomic E-state index is 13.2. The van der Waals surface area contributed by atoms with Gasteiger partial charge in [-0.2, -0.15) is 0 Å². The molecule has 0 radical (unpaired) electrons. The van der Waals surface area contributed by atoms with E-state index in [0.717, 1.165) is 21.0 Å². The largest absolute Gasteiger partial charge is 0.493 e. The smallest absolute Gasteiger partial charge is 0.344 e. The topological polar surface area (TPSA) is 67.1 Å². The molecule has 0 spiro atoms. The van der Waals surface area contributed by atoms with Crippen LogP contribution < -0.4 is 24.6 Å². The van der Waals surface area contributed by atoms with Gasteiger partial charge >= 0.3 is 5.63 Å². The minimum Gasteiger partial charge on any atom is -0.493 e. The third-order valence-electron chi connectivity index (χ3n) is 5.81. The molecule has 7 heteroatoms. The van der Waals surface area contributed by atoms with Crippen molar-refractivity contribution in [3.05, 3.63) is 98.3 Å². The fourth-order valence-corrected chi connectivity index (χ4v) is 4.47.